The van der Waals surface area contributed by atoms with E-state index in [0.717, 1.165) is 0 Å². The molecule has 0 N–H and O–H groups in total. The predicted molar refractivity (Wildman–Crippen MR) is 51.1 cm³/mol. The molecule has 0 saturated carbocycles. The molecule has 3 nitrogen and oxygen atoms in total. The van der Waals surface area contributed by atoms with Crippen molar-refractivity contribution < 1.29 is 22.7 Å². The molecule has 0 radical (unpaired) electrons. The molecule has 0 aromatic carbocycles. The van der Waals surface area contributed by atoms with Crippen molar-refractivity contribution in [1.82, 2.24) is 4.57 Å². The number of hydrogen-bond acceptors (Lipinski definition) is 2. The van der Waals surface area contributed by atoms with Gasteiger partial charge in [-0.1, -0.05) is 6.92 Å². The Bertz CT molecular complexity index is 357. The molecule has 1 rings (SSSR count). The number of halogens is 3. The summed E-state index contributed by atoms with van der Waals surface area (Å²) in [7, 11) is 0. The summed E-state index contributed by atoms with van der Waals surface area (Å²) in [5, 5.41) is 0. The van der Waals surface area contributed by atoms with Crippen molar-refractivity contribution in [2.45, 2.75) is 26.3 Å². The summed E-state index contributed by atoms with van der Waals surface area (Å²) < 4.78 is 40.1. The van der Waals surface area contributed by atoms with Crippen LogP contribution in [0.3, 0.4) is 0 Å². The number of rotatable bonds is 5. The zero-order valence-corrected chi connectivity index (χ0v) is 8.75. The quantitative estimate of drug-likeness (QED) is 0.734. The third kappa shape index (κ3) is 4.06. The topological polar surface area (TPSA) is 31.2 Å². The third-order valence-corrected chi connectivity index (χ3v) is 2.01. The summed E-state index contributed by atoms with van der Waals surface area (Å²) in [5.41, 5.74) is 0.509. The van der Waals surface area contributed by atoms with Crippen LogP contribution in [0.1, 0.15) is 23.7 Å². The van der Waals surface area contributed by atoms with Crippen LogP contribution < -0.4 is 0 Å². The number of ether oxygens (including phenoxy) is 1. The third-order valence-electron chi connectivity index (χ3n) is 2.01. The number of Topliss-reactive ketones (excluding diaryl/α,β-unsaturated/α-hetero) is 1. The van der Waals surface area contributed by atoms with Gasteiger partial charge in [-0.25, -0.2) is 0 Å². The Hall–Kier alpha value is -1.30. The van der Waals surface area contributed by atoms with Gasteiger partial charge in [-0.05, 0) is 6.07 Å². The first kappa shape index (κ1) is 12.8. The zero-order valence-electron chi connectivity index (χ0n) is 8.75. The van der Waals surface area contributed by atoms with E-state index in [1.165, 1.54) is 10.8 Å². The lowest BCUT2D eigenvalue weighted by molar-refractivity contribution is -0.325. The minimum absolute atomic E-state index is 0.0320. The summed E-state index contributed by atoms with van der Waals surface area (Å²) in [4.78, 5) is 11.2. The highest BCUT2D eigenvalue weighted by molar-refractivity contribution is 5.95. The highest BCUT2D eigenvalue weighted by Gasteiger charge is 2.28. The maximum Gasteiger partial charge on any atom is 0.522 e. The van der Waals surface area contributed by atoms with E-state index in [0.29, 0.717) is 12.0 Å². The Balaban J connectivity index is 2.44. The SMILES string of the molecule is CCC(=O)c1ccn(CCOC(F)(F)F)c1. The number of alkyl halides is 3. The van der Waals surface area contributed by atoms with Gasteiger partial charge in [0.05, 0.1) is 6.61 Å². The van der Waals surface area contributed by atoms with Crippen molar-refractivity contribution >= 4 is 5.78 Å². The maximum atomic E-state index is 11.7. The molecule has 0 atom stereocenters. The van der Waals surface area contributed by atoms with Crippen LogP contribution in [0.25, 0.3) is 0 Å². The number of nitrogens with zero attached hydrogens (tertiary/aromatic N) is 1. The second-order valence-electron chi connectivity index (χ2n) is 3.21. The van der Waals surface area contributed by atoms with E-state index in [9.17, 15) is 18.0 Å². The van der Waals surface area contributed by atoms with E-state index in [1.54, 1.807) is 19.2 Å². The Morgan fingerprint density at radius 3 is 2.75 bits per heavy atom. The first-order chi connectivity index (χ1) is 7.42. The average Bonchev–Trinajstić information content (AvgIpc) is 2.63. The minimum atomic E-state index is -4.60. The monoisotopic (exact) mass is 235 g/mol. The standard InChI is InChI=1S/C10H12F3NO2/c1-2-9(15)8-3-4-14(7-8)5-6-16-10(11,12)13/h3-4,7H,2,5-6H2,1H3. The van der Waals surface area contributed by atoms with Gasteiger partial charge in [0.25, 0.3) is 0 Å². The molecular weight excluding hydrogens is 223 g/mol. The second kappa shape index (κ2) is 5.16. The molecule has 0 saturated heterocycles. The van der Waals surface area contributed by atoms with Gasteiger partial charge in [-0.2, -0.15) is 0 Å². The van der Waals surface area contributed by atoms with E-state index in [1.807, 2.05) is 0 Å². The smallest absolute Gasteiger partial charge is 0.351 e. The maximum absolute atomic E-state index is 11.7. The lowest BCUT2D eigenvalue weighted by Crippen LogP contribution is -2.16. The highest BCUT2D eigenvalue weighted by Crippen LogP contribution is 2.16. The fourth-order valence-electron chi connectivity index (χ4n) is 1.22. The lowest BCUT2D eigenvalue weighted by atomic mass is 10.2. The molecule has 1 aromatic heterocycles. The molecule has 1 aromatic rings. The largest absolute Gasteiger partial charge is 0.522 e. The highest BCUT2D eigenvalue weighted by atomic mass is 19.4. The van der Waals surface area contributed by atoms with Crippen LogP contribution in [0.5, 0.6) is 0 Å². The van der Waals surface area contributed by atoms with Crippen molar-refractivity contribution in [3.63, 3.8) is 0 Å². The summed E-state index contributed by atoms with van der Waals surface area (Å²) in [6.07, 6.45) is -1.15. The molecule has 6 heteroatoms. The minimum Gasteiger partial charge on any atom is -0.351 e. The van der Waals surface area contributed by atoms with E-state index in [4.69, 9.17) is 0 Å². The number of carbonyl (C=O) groups excluding carboxylic acids is 1. The van der Waals surface area contributed by atoms with Crippen LogP contribution >= 0.6 is 0 Å². The Kier molecular flexibility index (Phi) is 4.12. The summed E-state index contributed by atoms with van der Waals surface area (Å²) in [6.45, 7) is 1.33. The van der Waals surface area contributed by atoms with E-state index >= 15 is 0 Å². The van der Waals surface area contributed by atoms with Gasteiger partial charge in [-0.15, -0.1) is 13.2 Å². The van der Waals surface area contributed by atoms with Gasteiger partial charge in [0, 0.05) is 30.9 Å². The molecule has 0 aliphatic carbocycles. The number of hydrogen-bond donors (Lipinski definition) is 0. The van der Waals surface area contributed by atoms with Gasteiger partial charge in [0.15, 0.2) is 5.78 Å². The van der Waals surface area contributed by atoms with Crippen LogP contribution in [-0.2, 0) is 11.3 Å². The fourth-order valence-corrected chi connectivity index (χ4v) is 1.22. The molecule has 0 amide bonds. The zero-order chi connectivity index (χ0) is 12.2. The van der Waals surface area contributed by atoms with Crippen molar-refractivity contribution in [1.29, 1.82) is 0 Å². The summed E-state index contributed by atoms with van der Waals surface area (Å²) >= 11 is 0. The molecule has 0 aliphatic rings. The van der Waals surface area contributed by atoms with Crippen LogP contribution in [0.15, 0.2) is 18.5 Å². The Morgan fingerprint density at radius 2 is 2.19 bits per heavy atom. The predicted octanol–water partition coefficient (Wildman–Crippen LogP) is 2.62. The number of aromatic nitrogens is 1. The molecule has 16 heavy (non-hydrogen) atoms. The molecule has 0 bridgehead atoms. The van der Waals surface area contributed by atoms with Gasteiger partial charge in [0.1, 0.15) is 0 Å². The van der Waals surface area contributed by atoms with Crippen LogP contribution in [-0.4, -0.2) is 23.3 Å². The van der Waals surface area contributed by atoms with Crippen molar-refractivity contribution in [2.75, 3.05) is 6.61 Å². The number of ketones is 1. The van der Waals surface area contributed by atoms with E-state index < -0.39 is 13.0 Å². The van der Waals surface area contributed by atoms with Crippen molar-refractivity contribution in [2.24, 2.45) is 0 Å². The first-order valence-electron chi connectivity index (χ1n) is 4.82. The van der Waals surface area contributed by atoms with Crippen molar-refractivity contribution in [3.8, 4) is 0 Å². The Morgan fingerprint density at radius 1 is 1.50 bits per heavy atom. The fraction of sp³-hybridized carbons (Fsp3) is 0.500. The van der Waals surface area contributed by atoms with E-state index in [2.05, 4.69) is 4.74 Å². The normalized spacial score (nSPS) is 11.8. The van der Waals surface area contributed by atoms with Gasteiger partial charge in [0.2, 0.25) is 0 Å². The van der Waals surface area contributed by atoms with Crippen LogP contribution in [0, 0.1) is 0 Å². The van der Waals surface area contributed by atoms with Crippen LogP contribution in [0.4, 0.5) is 13.2 Å². The molecule has 0 aliphatic heterocycles. The Labute approximate surface area is 90.8 Å². The molecule has 0 fully saturated rings. The molecule has 0 unspecified atom stereocenters. The molecule has 90 valence electrons. The average molecular weight is 235 g/mol. The van der Waals surface area contributed by atoms with Gasteiger partial charge >= 0.3 is 6.36 Å². The van der Waals surface area contributed by atoms with Crippen molar-refractivity contribution in [3.05, 3.63) is 24.0 Å². The van der Waals surface area contributed by atoms with E-state index in [-0.39, 0.29) is 12.3 Å². The lowest BCUT2D eigenvalue weighted by Gasteiger charge is -2.07. The summed E-state index contributed by atoms with van der Waals surface area (Å²) in [5.74, 6) is -0.0320. The number of carbonyl (C=O) groups is 1. The first-order valence-corrected chi connectivity index (χ1v) is 4.82. The van der Waals surface area contributed by atoms with Gasteiger partial charge in [-0.3, -0.25) is 9.53 Å². The molecule has 1 heterocycles. The van der Waals surface area contributed by atoms with Crippen LogP contribution in [0.2, 0.25) is 0 Å². The molecule has 0 spiro atoms. The second-order valence-corrected chi connectivity index (χ2v) is 3.21. The summed E-state index contributed by atoms with van der Waals surface area (Å²) in [6, 6.07) is 1.58. The van der Waals surface area contributed by atoms with Gasteiger partial charge < -0.3 is 4.57 Å². The molecular formula is C10H12F3NO2.